The molecule has 4 heteroatoms. The van der Waals surface area contributed by atoms with Crippen molar-refractivity contribution in [3.63, 3.8) is 0 Å². The molecular formula is C14H22N2O2. The van der Waals surface area contributed by atoms with Gasteiger partial charge in [-0.15, -0.1) is 0 Å². The number of rotatable bonds is 3. The average Bonchev–Trinajstić information content (AvgIpc) is 2.72. The van der Waals surface area contributed by atoms with Gasteiger partial charge in [0.15, 0.2) is 0 Å². The van der Waals surface area contributed by atoms with Crippen LogP contribution in [-0.4, -0.2) is 23.2 Å². The maximum atomic E-state index is 11.0. The normalized spacial score (nSPS) is 35.0. The fraction of sp³-hybridized carbons (Fsp3) is 0.857. The van der Waals surface area contributed by atoms with Gasteiger partial charge in [0, 0.05) is 6.04 Å². The summed E-state index contributed by atoms with van der Waals surface area (Å²) in [4.78, 5) is 11.0. The molecule has 0 aromatic carbocycles. The van der Waals surface area contributed by atoms with E-state index in [4.69, 9.17) is 10.4 Å². The highest BCUT2D eigenvalue weighted by molar-refractivity contribution is 5.74. The van der Waals surface area contributed by atoms with Crippen LogP contribution >= 0.6 is 0 Å². The summed E-state index contributed by atoms with van der Waals surface area (Å²) in [5.41, 5.74) is 0.290. The molecule has 0 amide bonds. The lowest BCUT2D eigenvalue weighted by Gasteiger charge is -2.36. The zero-order valence-electron chi connectivity index (χ0n) is 11.0. The molecule has 1 aliphatic carbocycles. The Balaban J connectivity index is 1.99. The van der Waals surface area contributed by atoms with Crippen LogP contribution in [-0.2, 0) is 4.79 Å². The molecule has 0 aromatic heterocycles. The maximum absolute atomic E-state index is 11.0. The maximum Gasteiger partial charge on any atom is 0.320 e. The number of hydrogen-bond acceptors (Lipinski definition) is 3. The number of nitrogens with one attached hydrogen (secondary N) is 1. The van der Waals surface area contributed by atoms with Gasteiger partial charge in [-0.2, -0.15) is 5.26 Å². The lowest BCUT2D eigenvalue weighted by atomic mass is 9.71. The van der Waals surface area contributed by atoms with Crippen LogP contribution in [0.4, 0.5) is 0 Å². The molecule has 3 atom stereocenters. The molecule has 1 heterocycles. The van der Waals surface area contributed by atoms with Crippen LogP contribution in [0.3, 0.4) is 0 Å². The predicted molar refractivity (Wildman–Crippen MR) is 67.9 cm³/mol. The second-order valence-electron chi connectivity index (χ2n) is 6.21. The molecule has 0 spiro atoms. The van der Waals surface area contributed by atoms with Gasteiger partial charge < -0.3 is 10.4 Å². The first-order chi connectivity index (χ1) is 8.54. The van der Waals surface area contributed by atoms with Crippen LogP contribution in [0, 0.1) is 22.7 Å². The minimum Gasteiger partial charge on any atom is -0.480 e. The van der Waals surface area contributed by atoms with Gasteiger partial charge >= 0.3 is 5.97 Å². The van der Waals surface area contributed by atoms with Gasteiger partial charge in [-0.05, 0) is 31.1 Å². The highest BCUT2D eigenvalue weighted by Gasteiger charge is 2.41. The summed E-state index contributed by atoms with van der Waals surface area (Å²) in [6.07, 6.45) is 7.66. The van der Waals surface area contributed by atoms with Crippen LogP contribution in [0.2, 0.25) is 0 Å². The van der Waals surface area contributed by atoms with Crippen LogP contribution in [0.1, 0.15) is 51.9 Å². The van der Waals surface area contributed by atoms with E-state index < -0.39 is 12.0 Å². The number of carboxylic acid groups (broad SMARTS) is 1. The minimum absolute atomic E-state index is 0.0548. The van der Waals surface area contributed by atoms with Gasteiger partial charge in [-0.3, -0.25) is 4.79 Å². The van der Waals surface area contributed by atoms with E-state index in [9.17, 15) is 4.79 Å². The Morgan fingerprint density at radius 1 is 1.44 bits per heavy atom. The Labute approximate surface area is 108 Å². The summed E-state index contributed by atoms with van der Waals surface area (Å²) < 4.78 is 0. The van der Waals surface area contributed by atoms with E-state index in [1.807, 2.05) is 0 Å². The van der Waals surface area contributed by atoms with Crippen LogP contribution in [0.5, 0.6) is 0 Å². The summed E-state index contributed by atoms with van der Waals surface area (Å²) in [6.45, 7) is 2.29. The Morgan fingerprint density at radius 3 is 2.67 bits per heavy atom. The average molecular weight is 250 g/mol. The monoisotopic (exact) mass is 250 g/mol. The third-order valence-electron chi connectivity index (χ3n) is 4.63. The Kier molecular flexibility index (Phi) is 3.91. The van der Waals surface area contributed by atoms with Crippen molar-refractivity contribution in [3.05, 3.63) is 0 Å². The molecule has 18 heavy (non-hydrogen) atoms. The molecule has 0 bridgehead atoms. The van der Waals surface area contributed by atoms with Crippen molar-refractivity contribution in [3.8, 4) is 6.07 Å². The number of carboxylic acids is 1. The van der Waals surface area contributed by atoms with Crippen LogP contribution in [0.15, 0.2) is 0 Å². The smallest absolute Gasteiger partial charge is 0.320 e. The van der Waals surface area contributed by atoms with Crippen molar-refractivity contribution < 1.29 is 9.90 Å². The second kappa shape index (κ2) is 5.27. The number of hydrogen-bond donors (Lipinski definition) is 2. The standard InChI is InChI=1S/C14H22N2O2/c1-14(5-3-2-4-6-14)8-12-10(9-15)7-11(16-12)13(17)18/h10-12,16H,2-8H2,1H3,(H,17,18). The van der Waals surface area contributed by atoms with Crippen LogP contribution in [0.25, 0.3) is 0 Å². The molecule has 1 saturated heterocycles. The molecule has 2 N–H and O–H groups in total. The van der Waals surface area contributed by atoms with Crippen molar-refractivity contribution in [2.75, 3.05) is 0 Å². The van der Waals surface area contributed by atoms with Crippen molar-refractivity contribution in [1.82, 2.24) is 5.32 Å². The largest absolute Gasteiger partial charge is 0.480 e. The zero-order valence-corrected chi connectivity index (χ0v) is 11.0. The molecular weight excluding hydrogens is 228 g/mol. The summed E-state index contributed by atoms with van der Waals surface area (Å²) in [5, 5.41) is 21.4. The lowest BCUT2D eigenvalue weighted by molar-refractivity contribution is -0.139. The van der Waals surface area contributed by atoms with Crippen molar-refractivity contribution in [1.29, 1.82) is 5.26 Å². The first-order valence-electron chi connectivity index (χ1n) is 6.92. The van der Waals surface area contributed by atoms with Gasteiger partial charge in [0.2, 0.25) is 0 Å². The second-order valence-corrected chi connectivity index (χ2v) is 6.21. The third-order valence-corrected chi connectivity index (χ3v) is 4.63. The Hall–Kier alpha value is -1.08. The van der Waals surface area contributed by atoms with Gasteiger partial charge in [0.05, 0.1) is 12.0 Å². The fourth-order valence-corrected chi connectivity index (χ4v) is 3.52. The van der Waals surface area contributed by atoms with E-state index >= 15 is 0 Å². The summed E-state index contributed by atoms with van der Waals surface area (Å²) in [5.74, 6) is -0.976. The lowest BCUT2D eigenvalue weighted by Crippen LogP contribution is -2.39. The van der Waals surface area contributed by atoms with E-state index in [1.165, 1.54) is 32.1 Å². The molecule has 1 saturated carbocycles. The minimum atomic E-state index is -0.827. The molecule has 100 valence electrons. The quantitative estimate of drug-likeness (QED) is 0.806. The van der Waals surface area contributed by atoms with Crippen LogP contribution < -0.4 is 5.32 Å². The van der Waals surface area contributed by atoms with Gasteiger partial charge in [-0.25, -0.2) is 0 Å². The molecule has 3 unspecified atom stereocenters. The molecule has 2 aliphatic rings. The van der Waals surface area contributed by atoms with E-state index in [0.717, 1.165) is 6.42 Å². The first-order valence-corrected chi connectivity index (χ1v) is 6.92. The molecule has 2 fully saturated rings. The van der Waals surface area contributed by atoms with E-state index in [0.29, 0.717) is 11.8 Å². The summed E-state index contributed by atoms with van der Waals surface area (Å²) in [7, 11) is 0. The van der Waals surface area contributed by atoms with Gasteiger partial charge in [0.25, 0.3) is 0 Å². The predicted octanol–water partition coefficient (Wildman–Crippen LogP) is 2.30. The highest BCUT2D eigenvalue weighted by atomic mass is 16.4. The van der Waals surface area contributed by atoms with Crippen molar-refractivity contribution >= 4 is 5.97 Å². The summed E-state index contributed by atoms with van der Waals surface area (Å²) in [6, 6.07) is 1.80. The van der Waals surface area contributed by atoms with Gasteiger partial charge in [-0.1, -0.05) is 26.2 Å². The summed E-state index contributed by atoms with van der Waals surface area (Å²) >= 11 is 0. The third kappa shape index (κ3) is 2.84. The molecule has 2 rings (SSSR count). The number of aliphatic carboxylic acids is 1. The topological polar surface area (TPSA) is 73.1 Å². The van der Waals surface area contributed by atoms with Gasteiger partial charge in [0.1, 0.15) is 6.04 Å². The van der Waals surface area contributed by atoms with Crippen molar-refractivity contribution in [2.45, 2.75) is 64.0 Å². The molecule has 4 nitrogen and oxygen atoms in total. The number of carbonyl (C=O) groups is 1. The first kappa shape index (κ1) is 13.4. The fourth-order valence-electron chi connectivity index (χ4n) is 3.52. The van der Waals surface area contributed by atoms with E-state index in [1.54, 1.807) is 0 Å². The Bertz CT molecular complexity index is 355. The number of nitrogens with zero attached hydrogens (tertiary/aromatic N) is 1. The molecule has 0 radical (unpaired) electrons. The van der Waals surface area contributed by atoms with Crippen molar-refractivity contribution in [2.24, 2.45) is 11.3 Å². The molecule has 1 aliphatic heterocycles. The highest BCUT2D eigenvalue weighted by Crippen LogP contribution is 2.42. The Morgan fingerprint density at radius 2 is 2.11 bits per heavy atom. The zero-order chi connectivity index (χ0) is 13.2. The molecule has 0 aromatic rings. The van der Waals surface area contributed by atoms with E-state index in [-0.39, 0.29) is 12.0 Å². The SMILES string of the molecule is CC1(CC2NC(C(=O)O)CC2C#N)CCCCC1. The van der Waals surface area contributed by atoms with E-state index in [2.05, 4.69) is 18.3 Å². The number of nitriles is 1.